The number of nitrogens with two attached hydrogens (primary N) is 1. The normalized spacial score (nSPS) is 14.2. The highest BCUT2D eigenvalue weighted by Crippen LogP contribution is 2.33. The first-order valence-corrected chi connectivity index (χ1v) is 6.51. The van der Waals surface area contributed by atoms with Crippen LogP contribution in [0, 0.1) is 5.82 Å². The highest BCUT2D eigenvalue weighted by Gasteiger charge is 2.22. The van der Waals surface area contributed by atoms with E-state index in [-0.39, 0.29) is 11.7 Å². The van der Waals surface area contributed by atoms with E-state index in [0.29, 0.717) is 10.0 Å². The molecule has 0 aliphatic heterocycles. The van der Waals surface area contributed by atoms with Crippen molar-refractivity contribution in [2.45, 2.75) is 18.9 Å². The number of pyridine rings is 1. The molecule has 2 unspecified atom stereocenters. The molecule has 2 N–H and O–H groups in total. The first-order chi connectivity index (χ1) is 8.61. The molecule has 2 aromatic rings. The van der Waals surface area contributed by atoms with Gasteiger partial charge in [0.2, 0.25) is 0 Å². The van der Waals surface area contributed by atoms with Gasteiger partial charge in [0.1, 0.15) is 5.82 Å². The van der Waals surface area contributed by atoms with Crippen LogP contribution in [0.4, 0.5) is 4.39 Å². The molecule has 0 saturated heterocycles. The van der Waals surface area contributed by atoms with Crippen LogP contribution in [0.3, 0.4) is 0 Å². The molecule has 1 heterocycles. The Kier molecular flexibility index (Phi) is 4.09. The number of benzene rings is 1. The lowest BCUT2D eigenvalue weighted by atomic mass is 9.92. The van der Waals surface area contributed by atoms with Crippen LogP contribution in [-0.4, -0.2) is 4.98 Å². The number of hydrogen-bond acceptors (Lipinski definition) is 2. The molecule has 0 aliphatic rings. The lowest BCUT2D eigenvalue weighted by Crippen LogP contribution is -2.20. The van der Waals surface area contributed by atoms with Gasteiger partial charge in [0, 0.05) is 33.9 Å². The molecule has 0 amide bonds. The molecule has 2 rings (SSSR count). The SMILES string of the molecule is CC(c1ccccn1)C(N)c1c(F)cccc1Br. The van der Waals surface area contributed by atoms with E-state index in [9.17, 15) is 4.39 Å². The second-order valence-electron chi connectivity index (χ2n) is 4.20. The van der Waals surface area contributed by atoms with E-state index in [1.165, 1.54) is 6.07 Å². The van der Waals surface area contributed by atoms with Gasteiger partial charge in [-0.05, 0) is 24.3 Å². The average Bonchev–Trinajstić information content (AvgIpc) is 2.38. The zero-order valence-corrected chi connectivity index (χ0v) is 11.6. The van der Waals surface area contributed by atoms with Crippen LogP contribution in [0.1, 0.15) is 30.1 Å². The van der Waals surface area contributed by atoms with E-state index in [2.05, 4.69) is 20.9 Å². The lowest BCUT2D eigenvalue weighted by molar-refractivity contribution is 0.530. The third-order valence-electron chi connectivity index (χ3n) is 3.03. The maximum Gasteiger partial charge on any atom is 0.129 e. The summed E-state index contributed by atoms with van der Waals surface area (Å²) in [6.45, 7) is 1.95. The minimum atomic E-state index is -0.435. The Bertz CT molecular complexity index is 510. The Morgan fingerprint density at radius 1 is 1.22 bits per heavy atom. The Morgan fingerprint density at radius 2 is 2.00 bits per heavy atom. The van der Waals surface area contributed by atoms with Crippen molar-refractivity contribution in [3.63, 3.8) is 0 Å². The minimum absolute atomic E-state index is 0.0561. The first kappa shape index (κ1) is 13.2. The molecule has 0 radical (unpaired) electrons. The summed E-state index contributed by atoms with van der Waals surface area (Å²) < 4.78 is 14.5. The summed E-state index contributed by atoms with van der Waals surface area (Å²) in [4.78, 5) is 4.27. The van der Waals surface area contributed by atoms with Gasteiger partial charge in [-0.2, -0.15) is 0 Å². The third-order valence-corrected chi connectivity index (χ3v) is 3.72. The van der Waals surface area contributed by atoms with Gasteiger partial charge in [-0.25, -0.2) is 4.39 Å². The van der Waals surface area contributed by atoms with E-state index in [1.54, 1.807) is 18.3 Å². The summed E-state index contributed by atoms with van der Waals surface area (Å²) in [5.41, 5.74) is 7.52. The Balaban J connectivity index is 2.34. The molecule has 2 atom stereocenters. The quantitative estimate of drug-likeness (QED) is 0.937. The molecular formula is C14H14BrFN2. The number of halogens is 2. The molecule has 1 aromatic heterocycles. The van der Waals surface area contributed by atoms with Gasteiger partial charge in [0.25, 0.3) is 0 Å². The van der Waals surface area contributed by atoms with Crippen molar-refractivity contribution < 1.29 is 4.39 Å². The molecule has 1 aromatic carbocycles. The molecule has 94 valence electrons. The van der Waals surface area contributed by atoms with Crippen molar-refractivity contribution in [2.24, 2.45) is 5.73 Å². The highest BCUT2D eigenvalue weighted by molar-refractivity contribution is 9.10. The number of hydrogen-bond donors (Lipinski definition) is 1. The summed E-state index contributed by atoms with van der Waals surface area (Å²) in [6.07, 6.45) is 1.72. The van der Waals surface area contributed by atoms with Gasteiger partial charge in [0.15, 0.2) is 0 Å². The third kappa shape index (κ3) is 2.60. The van der Waals surface area contributed by atoms with E-state index in [4.69, 9.17) is 5.73 Å². The lowest BCUT2D eigenvalue weighted by Gasteiger charge is -2.21. The molecule has 4 heteroatoms. The van der Waals surface area contributed by atoms with E-state index < -0.39 is 6.04 Å². The maximum absolute atomic E-state index is 13.8. The molecule has 0 aliphatic carbocycles. The van der Waals surface area contributed by atoms with Crippen molar-refractivity contribution in [1.29, 1.82) is 0 Å². The van der Waals surface area contributed by atoms with Gasteiger partial charge >= 0.3 is 0 Å². The molecule has 0 saturated carbocycles. The summed E-state index contributed by atoms with van der Waals surface area (Å²) >= 11 is 3.35. The molecule has 18 heavy (non-hydrogen) atoms. The van der Waals surface area contributed by atoms with Gasteiger partial charge in [-0.1, -0.05) is 35.0 Å². The van der Waals surface area contributed by atoms with Gasteiger partial charge in [0.05, 0.1) is 0 Å². The number of rotatable bonds is 3. The zero-order chi connectivity index (χ0) is 13.1. The first-order valence-electron chi connectivity index (χ1n) is 5.71. The maximum atomic E-state index is 13.8. The fraction of sp³-hybridized carbons (Fsp3) is 0.214. The van der Waals surface area contributed by atoms with Crippen LogP contribution in [0.15, 0.2) is 47.1 Å². The standard InChI is InChI=1S/C14H14BrFN2/c1-9(12-7-2-3-8-18-12)14(17)13-10(15)5-4-6-11(13)16/h2-9,14H,17H2,1H3. The summed E-state index contributed by atoms with van der Waals surface area (Å²) in [5.74, 6) is -0.348. The van der Waals surface area contributed by atoms with Crippen LogP contribution >= 0.6 is 15.9 Å². The van der Waals surface area contributed by atoms with Gasteiger partial charge in [-0.15, -0.1) is 0 Å². The Hall–Kier alpha value is -1.26. The van der Waals surface area contributed by atoms with E-state index in [0.717, 1.165) is 5.69 Å². The van der Waals surface area contributed by atoms with Gasteiger partial charge < -0.3 is 5.73 Å². The fourth-order valence-corrected chi connectivity index (χ4v) is 2.51. The summed E-state index contributed by atoms with van der Waals surface area (Å²) in [5, 5.41) is 0. The minimum Gasteiger partial charge on any atom is -0.323 e. The van der Waals surface area contributed by atoms with Crippen LogP contribution in [0.2, 0.25) is 0 Å². The molecule has 2 nitrogen and oxygen atoms in total. The molecule has 0 fully saturated rings. The van der Waals surface area contributed by atoms with Crippen LogP contribution in [0.25, 0.3) is 0 Å². The highest BCUT2D eigenvalue weighted by atomic mass is 79.9. The van der Waals surface area contributed by atoms with Crippen LogP contribution < -0.4 is 5.73 Å². The summed E-state index contributed by atoms with van der Waals surface area (Å²) in [6, 6.07) is 10.1. The van der Waals surface area contributed by atoms with Crippen molar-refractivity contribution >= 4 is 15.9 Å². The van der Waals surface area contributed by atoms with Crippen molar-refractivity contribution in [3.8, 4) is 0 Å². The van der Waals surface area contributed by atoms with Gasteiger partial charge in [-0.3, -0.25) is 4.98 Å². The molecular weight excluding hydrogens is 295 g/mol. The van der Waals surface area contributed by atoms with Crippen molar-refractivity contribution in [1.82, 2.24) is 4.98 Å². The van der Waals surface area contributed by atoms with Crippen LogP contribution in [0.5, 0.6) is 0 Å². The topological polar surface area (TPSA) is 38.9 Å². The van der Waals surface area contributed by atoms with Crippen molar-refractivity contribution in [3.05, 3.63) is 64.1 Å². The predicted molar refractivity (Wildman–Crippen MR) is 73.7 cm³/mol. The second-order valence-corrected chi connectivity index (χ2v) is 5.06. The Labute approximate surface area is 114 Å². The monoisotopic (exact) mass is 308 g/mol. The zero-order valence-electron chi connectivity index (χ0n) is 9.98. The molecule has 0 bridgehead atoms. The van der Waals surface area contributed by atoms with E-state index in [1.807, 2.05) is 25.1 Å². The smallest absolute Gasteiger partial charge is 0.129 e. The Morgan fingerprint density at radius 3 is 2.61 bits per heavy atom. The summed E-state index contributed by atoms with van der Waals surface area (Å²) in [7, 11) is 0. The van der Waals surface area contributed by atoms with E-state index >= 15 is 0 Å². The predicted octanol–water partition coefficient (Wildman–Crippen LogP) is 3.79. The number of nitrogens with zero attached hydrogens (tertiary/aromatic N) is 1. The van der Waals surface area contributed by atoms with Crippen molar-refractivity contribution in [2.75, 3.05) is 0 Å². The average molecular weight is 309 g/mol. The fourth-order valence-electron chi connectivity index (χ4n) is 1.91. The largest absolute Gasteiger partial charge is 0.323 e. The second kappa shape index (κ2) is 5.59. The van der Waals surface area contributed by atoms with Crippen LogP contribution in [-0.2, 0) is 0 Å². The number of aromatic nitrogens is 1. The molecule has 0 spiro atoms.